The predicted octanol–water partition coefficient (Wildman–Crippen LogP) is 11.0. The van der Waals surface area contributed by atoms with Gasteiger partial charge in [-0.2, -0.15) is 0 Å². The van der Waals surface area contributed by atoms with Crippen LogP contribution in [0.5, 0.6) is 11.5 Å². The number of rotatable bonds is 4. The molecule has 0 unspecified atom stereocenters. The summed E-state index contributed by atoms with van der Waals surface area (Å²) < 4.78 is 6.61. The average molecular weight is 640 g/mol. The van der Waals surface area contributed by atoms with Crippen molar-refractivity contribution < 1.29 is 4.74 Å². The second kappa shape index (κ2) is 11.2. The smallest absolute Gasteiger partial charge is 0.160 e. The molecule has 50 heavy (non-hydrogen) atoms. The molecule has 2 aromatic heterocycles. The highest BCUT2D eigenvalue weighted by molar-refractivity contribution is 5.94. The highest BCUT2D eigenvalue weighted by Crippen LogP contribution is 2.63. The van der Waals surface area contributed by atoms with Gasteiger partial charge < -0.3 is 4.74 Å². The molecule has 2 aliphatic rings. The molecular formula is C46H29N3O. The number of fused-ring (bicyclic) bond motifs is 9. The van der Waals surface area contributed by atoms with Crippen LogP contribution in [-0.2, 0) is 5.41 Å². The second-order valence-corrected chi connectivity index (χ2v) is 12.7. The number of hydrogen-bond donors (Lipinski definition) is 0. The maximum atomic E-state index is 6.61. The molecule has 0 fully saturated rings. The van der Waals surface area contributed by atoms with Gasteiger partial charge in [-0.3, -0.25) is 4.98 Å². The Morgan fingerprint density at radius 2 is 1.00 bits per heavy atom. The standard InChI is InChI=1S/C46H29N3O/c1-2-14-30(15-3-1)40-29-41(49-45(48-40)32-17-12-16-31(28-32)39-24-10-11-27-47-39)35-20-13-19-34-33-18-4-5-21-36(33)46(44(34)35)37-22-6-8-25-42(37)50-43-26-9-7-23-38(43)46/h1-29H. The van der Waals surface area contributed by atoms with E-state index in [1.54, 1.807) is 0 Å². The minimum absolute atomic E-state index is 0.620. The Kier molecular flexibility index (Phi) is 6.36. The van der Waals surface area contributed by atoms with E-state index < -0.39 is 5.41 Å². The molecule has 0 bridgehead atoms. The third-order valence-corrected chi connectivity index (χ3v) is 10.0. The van der Waals surface area contributed by atoms with Crippen molar-refractivity contribution in [2.24, 2.45) is 0 Å². The highest BCUT2D eigenvalue weighted by atomic mass is 16.5. The van der Waals surface area contributed by atoms with Gasteiger partial charge in [-0.1, -0.05) is 133 Å². The fourth-order valence-electron chi connectivity index (χ4n) is 7.95. The molecule has 10 rings (SSSR count). The lowest BCUT2D eigenvalue weighted by Gasteiger charge is -2.40. The van der Waals surface area contributed by atoms with Crippen LogP contribution in [0.2, 0.25) is 0 Å². The van der Waals surface area contributed by atoms with Crippen LogP contribution in [0.1, 0.15) is 22.3 Å². The zero-order chi connectivity index (χ0) is 33.1. The number of ether oxygens (including phenoxy) is 1. The Hall–Kier alpha value is -6.65. The molecule has 4 nitrogen and oxygen atoms in total. The van der Waals surface area contributed by atoms with E-state index in [0.29, 0.717) is 5.82 Å². The number of hydrogen-bond acceptors (Lipinski definition) is 4. The quantitative estimate of drug-likeness (QED) is 0.192. The van der Waals surface area contributed by atoms with Crippen molar-refractivity contribution >= 4 is 0 Å². The summed E-state index contributed by atoms with van der Waals surface area (Å²) in [5, 5.41) is 0. The van der Waals surface area contributed by atoms with Gasteiger partial charge in [0.15, 0.2) is 5.82 Å². The highest BCUT2D eigenvalue weighted by Gasteiger charge is 2.52. The van der Waals surface area contributed by atoms with Crippen LogP contribution in [-0.4, -0.2) is 15.0 Å². The number of benzene rings is 6. The molecule has 3 heterocycles. The van der Waals surface area contributed by atoms with Crippen LogP contribution in [0, 0.1) is 0 Å². The van der Waals surface area contributed by atoms with Crippen molar-refractivity contribution in [3.63, 3.8) is 0 Å². The lowest BCUT2D eigenvalue weighted by Crippen LogP contribution is -2.32. The summed E-state index contributed by atoms with van der Waals surface area (Å²) >= 11 is 0. The van der Waals surface area contributed by atoms with Crippen LogP contribution in [0.15, 0.2) is 176 Å². The summed E-state index contributed by atoms with van der Waals surface area (Å²) in [6.45, 7) is 0. The van der Waals surface area contributed by atoms with E-state index in [1.807, 2.05) is 30.5 Å². The van der Waals surface area contributed by atoms with Crippen molar-refractivity contribution in [1.82, 2.24) is 15.0 Å². The van der Waals surface area contributed by atoms with Gasteiger partial charge in [0.2, 0.25) is 0 Å². The van der Waals surface area contributed by atoms with Gasteiger partial charge in [0.25, 0.3) is 0 Å². The van der Waals surface area contributed by atoms with Gasteiger partial charge in [0, 0.05) is 39.6 Å². The van der Waals surface area contributed by atoms with Gasteiger partial charge in [-0.25, -0.2) is 9.97 Å². The van der Waals surface area contributed by atoms with Crippen LogP contribution in [0.4, 0.5) is 0 Å². The van der Waals surface area contributed by atoms with E-state index in [-0.39, 0.29) is 0 Å². The largest absolute Gasteiger partial charge is 0.457 e. The first kappa shape index (κ1) is 28.4. The molecule has 1 aliphatic heterocycles. The number of aromatic nitrogens is 3. The number of para-hydroxylation sites is 2. The zero-order valence-electron chi connectivity index (χ0n) is 27.0. The molecule has 0 saturated heterocycles. The number of nitrogens with zero attached hydrogens (tertiary/aromatic N) is 3. The average Bonchev–Trinajstić information content (AvgIpc) is 3.49. The summed E-state index contributed by atoms with van der Waals surface area (Å²) in [4.78, 5) is 15.2. The Balaban J connectivity index is 1.28. The Labute approximate surface area is 290 Å². The topological polar surface area (TPSA) is 47.9 Å². The van der Waals surface area contributed by atoms with Crippen molar-refractivity contribution in [1.29, 1.82) is 0 Å². The summed E-state index contributed by atoms with van der Waals surface area (Å²) in [5.74, 6) is 2.39. The molecule has 4 heteroatoms. The van der Waals surface area contributed by atoms with Crippen LogP contribution in [0.25, 0.3) is 56.3 Å². The monoisotopic (exact) mass is 639 g/mol. The molecule has 0 N–H and O–H groups in total. The first-order valence-corrected chi connectivity index (χ1v) is 16.9. The number of pyridine rings is 1. The molecule has 0 radical (unpaired) electrons. The Morgan fingerprint density at radius 1 is 0.400 bits per heavy atom. The van der Waals surface area contributed by atoms with E-state index in [2.05, 4.69) is 151 Å². The third kappa shape index (κ3) is 4.22. The van der Waals surface area contributed by atoms with Crippen molar-refractivity contribution in [2.75, 3.05) is 0 Å². The van der Waals surface area contributed by atoms with E-state index in [0.717, 1.165) is 62.0 Å². The first-order chi connectivity index (χ1) is 24.8. The molecule has 6 aromatic carbocycles. The maximum Gasteiger partial charge on any atom is 0.160 e. The first-order valence-electron chi connectivity index (χ1n) is 16.9. The lowest BCUT2D eigenvalue weighted by atomic mass is 9.65. The predicted molar refractivity (Wildman–Crippen MR) is 199 cm³/mol. The molecular weight excluding hydrogens is 611 g/mol. The lowest BCUT2D eigenvalue weighted by molar-refractivity contribution is 0.436. The molecule has 1 spiro atoms. The van der Waals surface area contributed by atoms with Gasteiger partial charge in [-0.05, 0) is 58.7 Å². The SMILES string of the molecule is c1ccc(-c2cc(-c3cccc4c3C3(c5ccccc5Oc5ccccc53)c3ccccc3-4)nc(-c3cccc(-c4ccccn4)c3)n2)cc1. The molecule has 8 aromatic rings. The normalized spacial score (nSPS) is 13.1. The molecule has 0 saturated carbocycles. The molecule has 0 amide bonds. The van der Waals surface area contributed by atoms with E-state index in [4.69, 9.17) is 14.7 Å². The van der Waals surface area contributed by atoms with E-state index in [1.165, 1.54) is 22.3 Å². The summed E-state index contributed by atoms with van der Waals surface area (Å²) in [6.07, 6.45) is 1.82. The molecule has 234 valence electrons. The van der Waals surface area contributed by atoms with Crippen LogP contribution in [0.3, 0.4) is 0 Å². The summed E-state index contributed by atoms with van der Waals surface area (Å²) in [7, 11) is 0. The minimum atomic E-state index is -0.620. The van der Waals surface area contributed by atoms with Gasteiger partial charge in [-0.15, -0.1) is 0 Å². The minimum Gasteiger partial charge on any atom is -0.457 e. The van der Waals surface area contributed by atoms with Crippen molar-refractivity contribution in [3.05, 3.63) is 198 Å². The fraction of sp³-hybridized carbons (Fsp3) is 0.0217. The summed E-state index contributed by atoms with van der Waals surface area (Å²) in [6, 6.07) is 59.2. The van der Waals surface area contributed by atoms with E-state index in [9.17, 15) is 0 Å². The van der Waals surface area contributed by atoms with Crippen molar-refractivity contribution in [3.8, 4) is 67.8 Å². The molecule has 0 atom stereocenters. The van der Waals surface area contributed by atoms with Gasteiger partial charge >= 0.3 is 0 Å². The summed E-state index contributed by atoms with van der Waals surface area (Å²) in [5.41, 5.74) is 13.2. The Bertz CT molecular complexity index is 2530. The van der Waals surface area contributed by atoms with Crippen molar-refractivity contribution in [2.45, 2.75) is 5.41 Å². The Morgan fingerprint density at radius 3 is 1.78 bits per heavy atom. The van der Waals surface area contributed by atoms with Gasteiger partial charge in [0.1, 0.15) is 11.5 Å². The second-order valence-electron chi connectivity index (χ2n) is 12.7. The third-order valence-electron chi connectivity index (χ3n) is 10.0. The van der Waals surface area contributed by atoms with E-state index >= 15 is 0 Å². The van der Waals surface area contributed by atoms with Crippen LogP contribution >= 0.6 is 0 Å². The zero-order valence-corrected chi connectivity index (χ0v) is 27.0. The molecule has 1 aliphatic carbocycles. The van der Waals surface area contributed by atoms with Gasteiger partial charge in [0.05, 0.1) is 22.5 Å². The fourth-order valence-corrected chi connectivity index (χ4v) is 7.95. The maximum absolute atomic E-state index is 6.61. The van der Waals surface area contributed by atoms with Crippen LogP contribution < -0.4 is 4.74 Å².